The second-order valence-electron chi connectivity index (χ2n) is 16.5. The highest BCUT2D eigenvalue weighted by Crippen LogP contribution is 2.50. The molecule has 60 heavy (non-hydrogen) atoms. The lowest BCUT2D eigenvalue weighted by Crippen LogP contribution is -2.14. The maximum Gasteiger partial charge on any atom is 0.0540 e. The topological polar surface area (TPSA) is 6.48 Å². The van der Waals surface area contributed by atoms with Crippen LogP contribution in [0.5, 0.6) is 0 Å². The Kier molecular flexibility index (Phi) is 9.22. The van der Waals surface area contributed by atoms with E-state index in [0.717, 1.165) is 11.4 Å². The molecule has 0 saturated heterocycles. The highest BCUT2D eigenvalue weighted by atomic mass is 15.2. The first kappa shape index (κ1) is 37.1. The number of benzene rings is 10. The molecule has 0 aliphatic heterocycles. The molecule has 0 bridgehead atoms. The van der Waals surface area contributed by atoms with Gasteiger partial charge in [-0.05, 0) is 144 Å². The Morgan fingerprint density at radius 1 is 0.317 bits per heavy atom. The van der Waals surface area contributed by atoms with Crippen LogP contribution in [0.2, 0.25) is 0 Å². The van der Waals surface area contributed by atoms with Gasteiger partial charge in [0.1, 0.15) is 0 Å². The van der Waals surface area contributed by atoms with Gasteiger partial charge < -0.3 is 9.80 Å². The van der Waals surface area contributed by atoms with Crippen molar-refractivity contribution in [1.82, 2.24) is 0 Å². The van der Waals surface area contributed by atoms with Crippen molar-refractivity contribution >= 4 is 66.4 Å². The molecule has 0 heterocycles. The standard InChI is InChI=1S/C58H48N2/c1-37-17-27-47(28-18-37)59(57-39(3)21-31-49(41(57)5)43-13-9-7-10-14-43)53-35-25-45-24-34-52-54(36-26-46-23-33-51(53)55(45)56(46)52)60(48-29-19-38(2)20-30-48)58-40(4)22-32-50(42(58)6)44-15-11-8-12-16-44/h7-36H,1-6H3. The Balaban J connectivity index is 1.24. The van der Waals surface area contributed by atoms with Crippen LogP contribution < -0.4 is 9.80 Å². The molecular weight excluding hydrogens is 725 g/mol. The normalized spacial score (nSPS) is 11.5. The SMILES string of the molecule is Cc1ccc(N(c2c(C)ccc(-c3ccccc3)c2C)c2ccc3ccc4c(N(c5ccc(C)cc5)c5c(C)ccc(-c6ccccc6)c5C)ccc5ccc2c3c54)cc1. The van der Waals surface area contributed by atoms with Gasteiger partial charge in [-0.2, -0.15) is 0 Å². The molecule has 0 fully saturated rings. The summed E-state index contributed by atoms with van der Waals surface area (Å²) in [6, 6.07) is 67.3. The zero-order chi connectivity index (χ0) is 41.1. The first-order valence-electron chi connectivity index (χ1n) is 21.0. The van der Waals surface area contributed by atoms with Crippen LogP contribution in [-0.2, 0) is 0 Å². The highest BCUT2D eigenvalue weighted by Gasteiger charge is 2.25. The van der Waals surface area contributed by atoms with Gasteiger partial charge in [0.25, 0.3) is 0 Å². The number of rotatable bonds is 8. The second-order valence-corrected chi connectivity index (χ2v) is 16.5. The van der Waals surface area contributed by atoms with Crippen LogP contribution in [0.4, 0.5) is 34.1 Å². The number of aryl methyl sites for hydroxylation is 4. The quantitative estimate of drug-likeness (QED) is 0.142. The Morgan fingerprint density at radius 2 is 0.683 bits per heavy atom. The Hall–Kier alpha value is -7.16. The van der Waals surface area contributed by atoms with E-state index >= 15 is 0 Å². The molecule has 0 aliphatic rings. The van der Waals surface area contributed by atoms with E-state index in [4.69, 9.17) is 0 Å². The van der Waals surface area contributed by atoms with E-state index in [-0.39, 0.29) is 0 Å². The zero-order valence-corrected chi connectivity index (χ0v) is 35.2. The Morgan fingerprint density at radius 3 is 1.07 bits per heavy atom. The van der Waals surface area contributed by atoms with Crippen LogP contribution in [0.15, 0.2) is 182 Å². The van der Waals surface area contributed by atoms with Crippen molar-refractivity contribution in [2.24, 2.45) is 0 Å². The van der Waals surface area contributed by atoms with Gasteiger partial charge in [0.2, 0.25) is 0 Å². The van der Waals surface area contributed by atoms with Gasteiger partial charge in [0, 0.05) is 22.1 Å². The summed E-state index contributed by atoms with van der Waals surface area (Å²) in [5.41, 5.74) is 19.4. The molecule has 0 atom stereocenters. The molecule has 10 aromatic carbocycles. The third-order valence-electron chi connectivity index (χ3n) is 12.6. The zero-order valence-electron chi connectivity index (χ0n) is 35.2. The number of nitrogens with zero attached hydrogens (tertiary/aromatic N) is 2. The maximum atomic E-state index is 2.50. The summed E-state index contributed by atoms with van der Waals surface area (Å²) in [4.78, 5) is 5.01. The van der Waals surface area contributed by atoms with Crippen LogP contribution in [0, 0.1) is 41.5 Å². The van der Waals surface area contributed by atoms with Gasteiger partial charge in [0.15, 0.2) is 0 Å². The lowest BCUT2D eigenvalue weighted by atomic mass is 9.90. The molecule has 0 unspecified atom stereocenters. The van der Waals surface area contributed by atoms with Crippen LogP contribution in [0.1, 0.15) is 33.4 Å². The average Bonchev–Trinajstić information content (AvgIpc) is 3.27. The van der Waals surface area contributed by atoms with Crippen LogP contribution in [-0.4, -0.2) is 0 Å². The number of hydrogen-bond acceptors (Lipinski definition) is 2. The molecule has 0 saturated carbocycles. The minimum Gasteiger partial charge on any atom is -0.309 e. The van der Waals surface area contributed by atoms with E-state index in [1.807, 2.05) is 0 Å². The van der Waals surface area contributed by atoms with Gasteiger partial charge in [-0.15, -0.1) is 0 Å². The van der Waals surface area contributed by atoms with Gasteiger partial charge >= 0.3 is 0 Å². The van der Waals surface area contributed by atoms with Crippen molar-refractivity contribution in [2.45, 2.75) is 41.5 Å². The van der Waals surface area contributed by atoms with E-state index in [1.165, 1.54) is 111 Å². The molecule has 0 amide bonds. The van der Waals surface area contributed by atoms with Gasteiger partial charge in [-0.25, -0.2) is 0 Å². The fourth-order valence-corrected chi connectivity index (χ4v) is 9.55. The third kappa shape index (κ3) is 6.19. The summed E-state index contributed by atoms with van der Waals surface area (Å²) in [6.45, 7) is 13.4. The van der Waals surface area contributed by atoms with E-state index in [1.54, 1.807) is 0 Å². The molecule has 0 spiro atoms. The van der Waals surface area contributed by atoms with E-state index in [9.17, 15) is 0 Å². The third-order valence-corrected chi connectivity index (χ3v) is 12.6. The first-order valence-corrected chi connectivity index (χ1v) is 21.0. The van der Waals surface area contributed by atoms with Crippen molar-refractivity contribution in [3.8, 4) is 22.3 Å². The molecule has 290 valence electrons. The monoisotopic (exact) mass is 772 g/mol. The summed E-state index contributed by atoms with van der Waals surface area (Å²) in [5.74, 6) is 0. The van der Waals surface area contributed by atoms with Crippen LogP contribution in [0.3, 0.4) is 0 Å². The van der Waals surface area contributed by atoms with Crippen molar-refractivity contribution < 1.29 is 0 Å². The Labute approximate surface area is 354 Å². The van der Waals surface area contributed by atoms with E-state index in [0.29, 0.717) is 0 Å². The summed E-state index contributed by atoms with van der Waals surface area (Å²) >= 11 is 0. The minimum atomic E-state index is 1.14. The predicted molar refractivity (Wildman–Crippen MR) is 259 cm³/mol. The van der Waals surface area contributed by atoms with Crippen molar-refractivity contribution in [3.63, 3.8) is 0 Å². The van der Waals surface area contributed by atoms with Crippen LogP contribution in [0.25, 0.3) is 54.6 Å². The van der Waals surface area contributed by atoms with Gasteiger partial charge in [0.05, 0.1) is 22.7 Å². The Bertz CT molecular complexity index is 2960. The largest absolute Gasteiger partial charge is 0.309 e. The predicted octanol–water partition coefficient (Wildman–Crippen LogP) is 16.7. The molecular formula is C58H48N2. The van der Waals surface area contributed by atoms with Crippen LogP contribution >= 0.6 is 0 Å². The minimum absolute atomic E-state index is 1.14. The lowest BCUT2D eigenvalue weighted by molar-refractivity contribution is 1.22. The molecule has 0 aliphatic carbocycles. The average molecular weight is 773 g/mol. The molecule has 0 radical (unpaired) electrons. The van der Waals surface area contributed by atoms with Crippen molar-refractivity contribution in [2.75, 3.05) is 9.80 Å². The molecule has 0 N–H and O–H groups in total. The van der Waals surface area contributed by atoms with E-state index in [2.05, 4.69) is 233 Å². The van der Waals surface area contributed by atoms with Gasteiger partial charge in [-0.1, -0.05) is 157 Å². The van der Waals surface area contributed by atoms with Gasteiger partial charge in [-0.3, -0.25) is 0 Å². The van der Waals surface area contributed by atoms with E-state index < -0.39 is 0 Å². The number of anilines is 6. The first-order chi connectivity index (χ1) is 29.3. The molecule has 10 aromatic rings. The summed E-state index contributed by atoms with van der Waals surface area (Å²) in [5, 5.41) is 7.50. The second kappa shape index (κ2) is 14.9. The van der Waals surface area contributed by atoms with Crippen molar-refractivity contribution in [3.05, 3.63) is 215 Å². The molecule has 10 rings (SSSR count). The number of hydrogen-bond donors (Lipinski definition) is 0. The highest BCUT2D eigenvalue weighted by molar-refractivity contribution is 6.28. The molecule has 0 aromatic heterocycles. The fraction of sp³-hybridized carbons (Fsp3) is 0.103. The summed E-state index contributed by atoms with van der Waals surface area (Å²) in [7, 11) is 0. The lowest BCUT2D eigenvalue weighted by Gasteiger charge is -2.32. The summed E-state index contributed by atoms with van der Waals surface area (Å²) in [6.07, 6.45) is 0. The summed E-state index contributed by atoms with van der Waals surface area (Å²) < 4.78 is 0. The molecule has 2 nitrogen and oxygen atoms in total. The fourth-order valence-electron chi connectivity index (χ4n) is 9.55. The smallest absolute Gasteiger partial charge is 0.0540 e. The maximum absolute atomic E-state index is 2.50. The van der Waals surface area contributed by atoms with Crippen molar-refractivity contribution in [1.29, 1.82) is 0 Å². The molecule has 2 heteroatoms.